The van der Waals surface area contributed by atoms with Crippen molar-refractivity contribution in [1.29, 1.82) is 0 Å². The molecule has 0 saturated heterocycles. The molecule has 1 aromatic carbocycles. The van der Waals surface area contributed by atoms with Crippen molar-refractivity contribution in [2.75, 3.05) is 13.2 Å². The van der Waals surface area contributed by atoms with Crippen LogP contribution in [-0.4, -0.2) is 28.9 Å². The number of hydrogen-bond acceptors (Lipinski definition) is 5. The molecule has 0 saturated carbocycles. The summed E-state index contributed by atoms with van der Waals surface area (Å²) >= 11 is 1.55. The summed E-state index contributed by atoms with van der Waals surface area (Å²) in [7, 11) is 0. The first kappa shape index (κ1) is 17.7. The minimum atomic E-state index is -0.543. The van der Waals surface area contributed by atoms with E-state index in [1.807, 2.05) is 17.5 Å². The molecule has 0 fully saturated rings. The maximum Gasteiger partial charge on any atom is 0.311 e. The normalized spacial score (nSPS) is 10.2. The van der Waals surface area contributed by atoms with Gasteiger partial charge in [-0.25, -0.2) is 0 Å². The molecule has 2 rings (SSSR count). The summed E-state index contributed by atoms with van der Waals surface area (Å²) in [6.07, 6.45) is 1.63. The highest BCUT2D eigenvalue weighted by molar-refractivity contribution is 7.09. The Morgan fingerprint density at radius 2 is 2.25 bits per heavy atom. The number of rotatable bonds is 8. The van der Waals surface area contributed by atoms with Gasteiger partial charge in [-0.15, -0.1) is 17.9 Å². The molecule has 126 valence electrons. The molecule has 1 heterocycles. The van der Waals surface area contributed by atoms with Crippen LogP contribution in [0.1, 0.15) is 22.2 Å². The van der Waals surface area contributed by atoms with Crippen molar-refractivity contribution in [1.82, 2.24) is 4.90 Å². The molecular formula is C17H18N2O4S. The van der Waals surface area contributed by atoms with Gasteiger partial charge in [0.15, 0.2) is 5.75 Å². The summed E-state index contributed by atoms with van der Waals surface area (Å²) < 4.78 is 5.25. The van der Waals surface area contributed by atoms with Gasteiger partial charge >= 0.3 is 5.69 Å². The van der Waals surface area contributed by atoms with Crippen molar-refractivity contribution >= 4 is 22.9 Å². The van der Waals surface area contributed by atoms with Crippen LogP contribution < -0.4 is 4.74 Å². The number of hydrogen-bond donors (Lipinski definition) is 0. The van der Waals surface area contributed by atoms with Crippen LogP contribution in [0.4, 0.5) is 5.69 Å². The van der Waals surface area contributed by atoms with Crippen LogP contribution in [0.3, 0.4) is 0 Å². The Hall–Kier alpha value is -2.67. The van der Waals surface area contributed by atoms with Crippen molar-refractivity contribution in [3.63, 3.8) is 0 Å². The second-order valence-electron chi connectivity index (χ2n) is 4.93. The van der Waals surface area contributed by atoms with Gasteiger partial charge in [0.2, 0.25) is 0 Å². The first-order valence-electron chi connectivity index (χ1n) is 7.40. The van der Waals surface area contributed by atoms with Crippen molar-refractivity contribution in [2.45, 2.75) is 13.5 Å². The number of carbonyl (C=O) groups excluding carboxylic acids is 1. The Bertz CT molecular complexity index is 728. The zero-order valence-corrected chi connectivity index (χ0v) is 14.1. The van der Waals surface area contributed by atoms with Crippen LogP contribution in [0, 0.1) is 10.1 Å². The maximum absolute atomic E-state index is 12.7. The Labute approximate surface area is 144 Å². The van der Waals surface area contributed by atoms with E-state index in [0.717, 1.165) is 4.88 Å². The molecule has 1 amide bonds. The largest absolute Gasteiger partial charge is 0.487 e. The number of nitro groups is 1. The predicted octanol–water partition coefficient (Wildman–Crippen LogP) is 3.88. The van der Waals surface area contributed by atoms with Crippen LogP contribution >= 0.6 is 11.3 Å². The maximum atomic E-state index is 12.7. The summed E-state index contributed by atoms with van der Waals surface area (Å²) in [5, 5.41) is 13.1. The van der Waals surface area contributed by atoms with Gasteiger partial charge < -0.3 is 9.64 Å². The lowest BCUT2D eigenvalue weighted by Gasteiger charge is -2.20. The van der Waals surface area contributed by atoms with Gasteiger partial charge in [-0.05, 0) is 30.5 Å². The monoisotopic (exact) mass is 346 g/mol. The molecule has 24 heavy (non-hydrogen) atoms. The number of carbonyl (C=O) groups is 1. The van der Waals surface area contributed by atoms with Crippen molar-refractivity contribution in [2.24, 2.45) is 0 Å². The van der Waals surface area contributed by atoms with Crippen molar-refractivity contribution in [3.8, 4) is 5.75 Å². The van der Waals surface area contributed by atoms with Gasteiger partial charge in [0, 0.05) is 23.1 Å². The highest BCUT2D eigenvalue weighted by Crippen LogP contribution is 2.28. The van der Waals surface area contributed by atoms with Gasteiger partial charge in [-0.1, -0.05) is 12.1 Å². The van der Waals surface area contributed by atoms with Crippen LogP contribution in [0.15, 0.2) is 48.4 Å². The number of amides is 1. The SMILES string of the molecule is C=CCN(Cc1cccs1)C(=O)c1ccc(OCC)c([N+](=O)[O-])c1. The van der Waals surface area contributed by atoms with E-state index < -0.39 is 4.92 Å². The van der Waals surface area contributed by atoms with E-state index in [1.54, 1.807) is 35.3 Å². The Morgan fingerprint density at radius 1 is 1.46 bits per heavy atom. The zero-order valence-electron chi connectivity index (χ0n) is 13.3. The summed E-state index contributed by atoms with van der Waals surface area (Å²) in [6.45, 7) is 6.52. The minimum Gasteiger partial charge on any atom is -0.487 e. The molecule has 0 aliphatic carbocycles. The van der Waals surface area contributed by atoms with E-state index in [1.165, 1.54) is 12.1 Å². The van der Waals surface area contributed by atoms with Crippen LogP contribution in [0.25, 0.3) is 0 Å². The summed E-state index contributed by atoms with van der Waals surface area (Å²) in [6, 6.07) is 8.13. The molecule has 0 aliphatic heterocycles. The van der Waals surface area contributed by atoms with Gasteiger partial charge in [-0.3, -0.25) is 14.9 Å². The first-order chi connectivity index (χ1) is 11.6. The van der Waals surface area contributed by atoms with Crippen LogP contribution in [0.5, 0.6) is 5.75 Å². The molecule has 0 unspecified atom stereocenters. The quantitative estimate of drug-likeness (QED) is 0.413. The van der Waals surface area contributed by atoms with E-state index in [0.29, 0.717) is 19.7 Å². The third-order valence-electron chi connectivity index (χ3n) is 3.27. The molecule has 7 heteroatoms. The average Bonchev–Trinajstić information content (AvgIpc) is 3.07. The number of ether oxygens (including phenoxy) is 1. The third kappa shape index (κ3) is 4.20. The van der Waals surface area contributed by atoms with Crippen molar-refractivity contribution < 1.29 is 14.5 Å². The highest BCUT2D eigenvalue weighted by atomic mass is 32.1. The van der Waals surface area contributed by atoms with E-state index >= 15 is 0 Å². The Kier molecular flexibility index (Phi) is 6.08. The molecule has 0 N–H and O–H groups in total. The smallest absolute Gasteiger partial charge is 0.311 e. The molecule has 2 aromatic rings. The van der Waals surface area contributed by atoms with E-state index in [9.17, 15) is 14.9 Å². The molecule has 0 spiro atoms. The molecular weight excluding hydrogens is 328 g/mol. The second kappa shape index (κ2) is 8.26. The standard InChI is InChI=1S/C17H18N2O4S/c1-3-9-18(12-14-6-5-10-24-14)17(20)13-7-8-16(23-4-2)15(11-13)19(21)22/h3,5-8,10-11H,1,4,9,12H2,2H3. The lowest BCUT2D eigenvalue weighted by atomic mass is 10.1. The number of nitrogens with zero attached hydrogens (tertiary/aromatic N) is 2. The van der Waals surface area contributed by atoms with E-state index in [4.69, 9.17) is 4.74 Å². The Balaban J connectivity index is 2.29. The van der Waals surface area contributed by atoms with E-state index in [-0.39, 0.29) is 22.9 Å². The predicted molar refractivity (Wildman–Crippen MR) is 93.5 cm³/mol. The summed E-state index contributed by atoms with van der Waals surface area (Å²) in [5.74, 6) is -0.123. The fourth-order valence-electron chi connectivity index (χ4n) is 2.22. The number of nitro benzene ring substituents is 1. The number of benzene rings is 1. The highest BCUT2D eigenvalue weighted by Gasteiger charge is 2.21. The summed E-state index contributed by atoms with van der Waals surface area (Å²) in [5.41, 5.74) is 0.0425. The topological polar surface area (TPSA) is 72.7 Å². The van der Waals surface area contributed by atoms with Gasteiger partial charge in [0.25, 0.3) is 5.91 Å². The van der Waals surface area contributed by atoms with Gasteiger partial charge in [0.1, 0.15) is 0 Å². The average molecular weight is 346 g/mol. The van der Waals surface area contributed by atoms with Gasteiger partial charge in [-0.2, -0.15) is 0 Å². The first-order valence-corrected chi connectivity index (χ1v) is 8.28. The lowest BCUT2D eigenvalue weighted by Crippen LogP contribution is -2.30. The fraction of sp³-hybridized carbons (Fsp3) is 0.235. The lowest BCUT2D eigenvalue weighted by molar-refractivity contribution is -0.385. The number of thiophene rings is 1. The van der Waals surface area contributed by atoms with E-state index in [2.05, 4.69) is 6.58 Å². The van der Waals surface area contributed by atoms with Crippen LogP contribution in [0.2, 0.25) is 0 Å². The van der Waals surface area contributed by atoms with Crippen molar-refractivity contribution in [3.05, 3.63) is 68.9 Å². The summed E-state index contributed by atoms with van der Waals surface area (Å²) in [4.78, 5) is 26.0. The fourth-order valence-corrected chi connectivity index (χ4v) is 2.94. The zero-order chi connectivity index (χ0) is 17.5. The second-order valence-corrected chi connectivity index (χ2v) is 5.96. The molecule has 0 bridgehead atoms. The van der Waals surface area contributed by atoms with Gasteiger partial charge in [0.05, 0.1) is 18.1 Å². The molecule has 6 nitrogen and oxygen atoms in total. The Morgan fingerprint density at radius 3 is 2.83 bits per heavy atom. The molecule has 0 aliphatic rings. The minimum absolute atomic E-state index is 0.160. The molecule has 0 radical (unpaired) electrons. The van der Waals surface area contributed by atoms with Crippen LogP contribution in [-0.2, 0) is 6.54 Å². The third-order valence-corrected chi connectivity index (χ3v) is 4.13. The molecule has 1 aromatic heterocycles. The molecule has 0 atom stereocenters.